The molecule has 0 heterocycles. The van der Waals surface area contributed by atoms with E-state index >= 15 is 0 Å². The van der Waals surface area contributed by atoms with Crippen molar-refractivity contribution in [1.82, 2.24) is 5.32 Å². The lowest BCUT2D eigenvalue weighted by atomic mass is 10.2. The Balaban J connectivity index is 2.56. The summed E-state index contributed by atoms with van der Waals surface area (Å²) in [4.78, 5) is 11.6. The highest BCUT2D eigenvalue weighted by Gasteiger charge is 2.08. The highest BCUT2D eigenvalue weighted by atomic mass is 35.5. The predicted octanol–water partition coefficient (Wildman–Crippen LogP) is 3.23. The molecule has 0 radical (unpaired) electrons. The topological polar surface area (TPSA) is 29.1 Å². The van der Waals surface area contributed by atoms with Gasteiger partial charge in [0, 0.05) is 17.5 Å². The molecule has 1 aromatic carbocycles. The van der Waals surface area contributed by atoms with Crippen LogP contribution in [0.5, 0.6) is 0 Å². The first kappa shape index (κ1) is 13.3. The lowest BCUT2D eigenvalue weighted by Gasteiger charge is -2.06. The number of benzene rings is 1. The molecule has 1 unspecified atom stereocenters. The molecule has 0 aromatic heterocycles. The molecule has 0 saturated carbocycles. The number of rotatable bonds is 4. The van der Waals surface area contributed by atoms with Crippen molar-refractivity contribution >= 4 is 29.1 Å². The van der Waals surface area contributed by atoms with Crippen LogP contribution >= 0.6 is 23.2 Å². The highest BCUT2D eigenvalue weighted by molar-refractivity contribution is 6.31. The molecule has 16 heavy (non-hydrogen) atoms. The largest absolute Gasteiger partial charge is 0.352 e. The van der Waals surface area contributed by atoms with Crippen LogP contribution in [0.25, 0.3) is 0 Å². The Morgan fingerprint density at radius 1 is 1.56 bits per heavy atom. The first-order chi connectivity index (χ1) is 7.50. The standard InChI is InChI=1S/C11H12Cl2FNO/c1-7(12)4-5-15-11(16)8-2-3-10(14)9(13)6-8/h2-3,6-7H,4-5H2,1H3,(H,15,16). The number of hydrogen-bond donors (Lipinski definition) is 1. The van der Waals surface area contributed by atoms with Gasteiger partial charge in [-0.15, -0.1) is 11.6 Å². The Hall–Kier alpha value is -0.800. The molecule has 0 fully saturated rings. The Kier molecular flexibility index (Phi) is 5.03. The van der Waals surface area contributed by atoms with Crippen LogP contribution in [0.2, 0.25) is 5.02 Å². The third-order valence-corrected chi connectivity index (χ3v) is 2.52. The van der Waals surface area contributed by atoms with E-state index in [1.165, 1.54) is 18.2 Å². The number of halogens is 3. The van der Waals surface area contributed by atoms with Crippen molar-refractivity contribution in [3.8, 4) is 0 Å². The average molecular weight is 264 g/mol. The molecule has 1 rings (SSSR count). The van der Waals surface area contributed by atoms with Gasteiger partial charge < -0.3 is 5.32 Å². The summed E-state index contributed by atoms with van der Waals surface area (Å²) in [6, 6.07) is 3.86. The SMILES string of the molecule is CC(Cl)CCNC(=O)c1ccc(F)c(Cl)c1. The minimum absolute atomic E-state index is 0.0112. The first-order valence-electron chi connectivity index (χ1n) is 4.88. The van der Waals surface area contributed by atoms with E-state index in [-0.39, 0.29) is 16.3 Å². The Morgan fingerprint density at radius 3 is 2.81 bits per heavy atom. The fourth-order valence-corrected chi connectivity index (χ4v) is 1.41. The fourth-order valence-electron chi connectivity index (χ4n) is 1.12. The van der Waals surface area contributed by atoms with E-state index in [1.54, 1.807) is 0 Å². The summed E-state index contributed by atoms with van der Waals surface area (Å²) in [7, 11) is 0. The molecule has 0 aliphatic carbocycles. The fraction of sp³-hybridized carbons (Fsp3) is 0.364. The van der Waals surface area contributed by atoms with Gasteiger partial charge in [-0.05, 0) is 31.5 Å². The summed E-state index contributed by atoms with van der Waals surface area (Å²) in [5.74, 6) is -0.813. The molecule has 1 amide bonds. The van der Waals surface area contributed by atoms with Crippen LogP contribution in [0.3, 0.4) is 0 Å². The summed E-state index contributed by atoms with van der Waals surface area (Å²) >= 11 is 11.3. The summed E-state index contributed by atoms with van der Waals surface area (Å²) in [5.41, 5.74) is 0.341. The Morgan fingerprint density at radius 2 is 2.25 bits per heavy atom. The maximum Gasteiger partial charge on any atom is 0.251 e. The number of carbonyl (C=O) groups is 1. The number of hydrogen-bond acceptors (Lipinski definition) is 1. The number of carbonyl (C=O) groups excluding carboxylic acids is 1. The van der Waals surface area contributed by atoms with Crippen molar-refractivity contribution in [2.75, 3.05) is 6.54 Å². The molecule has 1 atom stereocenters. The van der Waals surface area contributed by atoms with E-state index in [4.69, 9.17) is 23.2 Å². The molecule has 0 aliphatic heterocycles. The second kappa shape index (κ2) is 6.06. The second-order valence-corrected chi connectivity index (χ2v) is 4.61. The van der Waals surface area contributed by atoms with Gasteiger partial charge in [-0.1, -0.05) is 11.6 Å². The minimum atomic E-state index is -0.535. The normalized spacial score (nSPS) is 12.2. The summed E-state index contributed by atoms with van der Waals surface area (Å²) in [5, 5.41) is 2.63. The van der Waals surface area contributed by atoms with Crippen molar-refractivity contribution in [2.24, 2.45) is 0 Å². The third-order valence-electron chi connectivity index (χ3n) is 2.01. The Labute approximate surface area is 104 Å². The molecule has 88 valence electrons. The van der Waals surface area contributed by atoms with Crippen LogP contribution in [0, 0.1) is 5.82 Å². The van der Waals surface area contributed by atoms with Gasteiger partial charge >= 0.3 is 0 Å². The van der Waals surface area contributed by atoms with Crippen molar-refractivity contribution in [1.29, 1.82) is 0 Å². The molecule has 0 bridgehead atoms. The highest BCUT2D eigenvalue weighted by Crippen LogP contribution is 2.15. The van der Waals surface area contributed by atoms with Crippen molar-refractivity contribution in [3.63, 3.8) is 0 Å². The van der Waals surface area contributed by atoms with Gasteiger partial charge in [-0.3, -0.25) is 4.79 Å². The number of nitrogens with one attached hydrogen (secondary N) is 1. The molecule has 5 heteroatoms. The minimum Gasteiger partial charge on any atom is -0.352 e. The zero-order valence-electron chi connectivity index (χ0n) is 8.77. The van der Waals surface area contributed by atoms with E-state index in [0.717, 1.165) is 0 Å². The van der Waals surface area contributed by atoms with Crippen LogP contribution in [0.15, 0.2) is 18.2 Å². The average Bonchev–Trinajstić information content (AvgIpc) is 2.21. The van der Waals surface area contributed by atoms with Gasteiger partial charge in [0.2, 0.25) is 0 Å². The van der Waals surface area contributed by atoms with Gasteiger partial charge in [-0.2, -0.15) is 0 Å². The maximum absolute atomic E-state index is 12.8. The molecule has 1 N–H and O–H groups in total. The van der Waals surface area contributed by atoms with E-state index in [1.807, 2.05) is 6.92 Å². The van der Waals surface area contributed by atoms with Crippen LogP contribution in [-0.4, -0.2) is 17.8 Å². The predicted molar refractivity (Wildman–Crippen MR) is 63.7 cm³/mol. The quantitative estimate of drug-likeness (QED) is 0.831. The van der Waals surface area contributed by atoms with E-state index in [2.05, 4.69) is 5.32 Å². The molecule has 0 saturated heterocycles. The number of amides is 1. The van der Waals surface area contributed by atoms with Gasteiger partial charge in [-0.25, -0.2) is 4.39 Å². The Bertz CT molecular complexity index is 382. The molecule has 1 aromatic rings. The van der Waals surface area contributed by atoms with E-state index in [9.17, 15) is 9.18 Å². The first-order valence-corrected chi connectivity index (χ1v) is 5.69. The molecular weight excluding hydrogens is 252 g/mol. The smallest absolute Gasteiger partial charge is 0.251 e. The summed E-state index contributed by atoms with van der Waals surface area (Å²) in [6.07, 6.45) is 0.683. The lowest BCUT2D eigenvalue weighted by Crippen LogP contribution is -2.25. The van der Waals surface area contributed by atoms with Crippen molar-refractivity contribution in [2.45, 2.75) is 18.7 Å². The monoisotopic (exact) mass is 263 g/mol. The van der Waals surface area contributed by atoms with Crippen LogP contribution in [-0.2, 0) is 0 Å². The lowest BCUT2D eigenvalue weighted by molar-refractivity contribution is 0.0953. The van der Waals surface area contributed by atoms with Crippen molar-refractivity contribution in [3.05, 3.63) is 34.6 Å². The third kappa shape index (κ3) is 3.99. The summed E-state index contributed by atoms with van der Waals surface area (Å²) < 4.78 is 12.8. The molecular formula is C11H12Cl2FNO. The maximum atomic E-state index is 12.8. The van der Waals surface area contributed by atoms with E-state index < -0.39 is 5.82 Å². The van der Waals surface area contributed by atoms with Gasteiger partial charge in [0.1, 0.15) is 5.82 Å². The van der Waals surface area contributed by atoms with Crippen LogP contribution < -0.4 is 5.32 Å². The number of alkyl halides is 1. The van der Waals surface area contributed by atoms with Crippen molar-refractivity contribution < 1.29 is 9.18 Å². The van der Waals surface area contributed by atoms with Gasteiger partial charge in [0.25, 0.3) is 5.91 Å². The zero-order valence-corrected chi connectivity index (χ0v) is 10.3. The molecule has 0 spiro atoms. The molecule has 2 nitrogen and oxygen atoms in total. The van der Waals surface area contributed by atoms with Gasteiger partial charge in [0.15, 0.2) is 0 Å². The zero-order chi connectivity index (χ0) is 12.1. The van der Waals surface area contributed by atoms with Crippen LogP contribution in [0.1, 0.15) is 23.7 Å². The molecule has 0 aliphatic rings. The van der Waals surface area contributed by atoms with Gasteiger partial charge in [0.05, 0.1) is 5.02 Å². The van der Waals surface area contributed by atoms with Crippen LogP contribution in [0.4, 0.5) is 4.39 Å². The second-order valence-electron chi connectivity index (χ2n) is 3.45. The van der Waals surface area contributed by atoms with E-state index in [0.29, 0.717) is 18.5 Å². The summed E-state index contributed by atoms with van der Waals surface area (Å²) in [6.45, 7) is 2.33.